The summed E-state index contributed by atoms with van der Waals surface area (Å²) in [5.74, 6) is 2.47. The fourth-order valence-corrected chi connectivity index (χ4v) is 8.49. The molecule has 2 aromatic heterocycles. The number of fused-ring (bicyclic) bond motifs is 3. The number of ketones is 1. The second-order valence-corrected chi connectivity index (χ2v) is 17.5. The number of allylic oxidation sites excluding steroid dienone is 2. The molecule has 1 N–H and O–H groups in total. The third kappa shape index (κ3) is 9.68. The zero-order chi connectivity index (χ0) is 37.8. The molecule has 7 heteroatoms. The zero-order valence-corrected chi connectivity index (χ0v) is 37.2. The Kier molecular flexibility index (Phi) is 15.6. The van der Waals surface area contributed by atoms with Gasteiger partial charge in [-0.15, -0.1) is 0 Å². The van der Waals surface area contributed by atoms with Gasteiger partial charge in [0.25, 0.3) is 6.71 Å². The van der Waals surface area contributed by atoms with Gasteiger partial charge in [-0.1, -0.05) is 136 Å². The monoisotopic (exact) mass is 898 g/mol. The molecule has 52 heavy (non-hydrogen) atoms. The largest absolute Gasteiger partial charge is 0.512 e. The van der Waals surface area contributed by atoms with E-state index in [9.17, 15) is 9.90 Å². The second kappa shape index (κ2) is 18.5. The molecule has 3 heterocycles. The van der Waals surface area contributed by atoms with Crippen LogP contribution in [0.5, 0.6) is 0 Å². The normalized spacial score (nSPS) is 12.7. The van der Waals surface area contributed by atoms with Gasteiger partial charge in [0.15, 0.2) is 5.78 Å². The molecule has 0 unspecified atom stereocenters. The van der Waals surface area contributed by atoms with Crippen LogP contribution >= 0.6 is 11.3 Å². The number of hydrogen-bond donors (Lipinski definition) is 1. The quantitative estimate of drug-likeness (QED) is 0.0588. The van der Waals surface area contributed by atoms with Crippen molar-refractivity contribution in [3.63, 3.8) is 0 Å². The maximum Gasteiger partial charge on any atom is 0.266 e. The first kappa shape index (κ1) is 43.7. The number of aliphatic hydroxyl groups excluding tert-OH is 1. The molecule has 4 nitrogen and oxygen atoms in total. The predicted molar refractivity (Wildman–Crippen MR) is 221 cm³/mol. The van der Waals surface area contributed by atoms with Crippen molar-refractivity contribution < 1.29 is 30.0 Å². The van der Waals surface area contributed by atoms with Crippen molar-refractivity contribution in [2.45, 2.75) is 134 Å². The molecule has 1 aliphatic rings. The molecule has 0 bridgehead atoms. The third-order valence-electron chi connectivity index (χ3n) is 10.5. The standard InChI is InChI=1S/C32H38BN2S.C13H24O2.Ir/c1-19(2)24-11-10-12-25(20(3)4)30(24)33-26-16-23(17-32(7,8)9)13-14-27(26)35-29(33)18-34-31(35)28-15-21(5)22(6)36-28;1-5-10(6-2)12(14)9-13(15)11(7-3)8-4;/h10-14,16,18-20H,17H2,1-9H3;9-11,14H,5-8H2,1-4H3;/q-1;;/b;12-9-;. The number of thiophene rings is 1. The molecule has 0 saturated carbocycles. The van der Waals surface area contributed by atoms with Crippen molar-refractivity contribution in [2.24, 2.45) is 17.3 Å². The van der Waals surface area contributed by atoms with Crippen LogP contribution in [0.25, 0.3) is 16.4 Å². The predicted octanol–water partition coefficient (Wildman–Crippen LogP) is 10.6. The van der Waals surface area contributed by atoms with Crippen LogP contribution in [0, 0.1) is 37.2 Å². The minimum atomic E-state index is 0. The van der Waals surface area contributed by atoms with Gasteiger partial charge in [-0.25, -0.2) is 11.3 Å². The number of hydrogen-bond acceptors (Lipinski definition) is 4. The molecular weight excluding hydrogens is 836 g/mol. The van der Waals surface area contributed by atoms with E-state index in [0.29, 0.717) is 11.8 Å². The van der Waals surface area contributed by atoms with Gasteiger partial charge in [-0.05, 0) is 77.6 Å². The van der Waals surface area contributed by atoms with E-state index in [1.54, 1.807) is 11.3 Å². The van der Waals surface area contributed by atoms with Gasteiger partial charge in [0, 0.05) is 55.5 Å². The summed E-state index contributed by atoms with van der Waals surface area (Å²) in [7, 11) is 0. The molecule has 0 spiro atoms. The molecule has 1 radical (unpaired) electrons. The Morgan fingerprint density at radius 1 is 0.942 bits per heavy atom. The topological polar surface area (TPSA) is 55.1 Å². The first-order chi connectivity index (χ1) is 24.1. The van der Waals surface area contributed by atoms with Crippen LogP contribution in [0.3, 0.4) is 0 Å². The number of carbonyl (C=O) groups excluding carboxylic acids is 1. The van der Waals surface area contributed by atoms with Gasteiger partial charge >= 0.3 is 0 Å². The number of nitrogens with zero attached hydrogens (tertiary/aromatic N) is 2. The molecule has 2 aromatic carbocycles. The molecule has 0 amide bonds. The number of aryl methyl sites for hydroxylation is 2. The molecule has 283 valence electrons. The van der Waals surface area contributed by atoms with E-state index in [4.69, 9.17) is 4.98 Å². The maximum atomic E-state index is 11.7. The van der Waals surface area contributed by atoms with Crippen molar-refractivity contribution in [2.75, 3.05) is 0 Å². The molecule has 5 rings (SSSR count). The summed E-state index contributed by atoms with van der Waals surface area (Å²) in [6, 6.07) is 17.7. The number of rotatable bonds is 12. The molecular formula is C45H62BIrN2O2S-. The Hall–Kier alpha value is -2.73. The van der Waals surface area contributed by atoms with Crippen LogP contribution in [0.4, 0.5) is 0 Å². The Bertz CT molecular complexity index is 1790. The summed E-state index contributed by atoms with van der Waals surface area (Å²) >= 11 is 1.80. The number of carbonyl (C=O) groups is 1. The zero-order valence-electron chi connectivity index (χ0n) is 34.0. The summed E-state index contributed by atoms with van der Waals surface area (Å²) in [4.78, 5) is 19.2. The Morgan fingerprint density at radius 2 is 1.52 bits per heavy atom. The number of aromatic nitrogens is 2. The minimum absolute atomic E-state index is 0. The van der Waals surface area contributed by atoms with Crippen molar-refractivity contribution in [3.05, 3.63) is 87.6 Å². The second-order valence-electron chi connectivity index (χ2n) is 16.3. The number of benzene rings is 2. The molecule has 0 aliphatic carbocycles. The van der Waals surface area contributed by atoms with Crippen molar-refractivity contribution in [3.8, 4) is 16.4 Å². The summed E-state index contributed by atoms with van der Waals surface area (Å²) in [6.45, 7) is 28.8. The average Bonchev–Trinajstić information content (AvgIpc) is 3.73. The van der Waals surface area contributed by atoms with E-state index in [1.165, 1.54) is 55.4 Å². The fourth-order valence-electron chi connectivity index (χ4n) is 7.54. The Labute approximate surface area is 333 Å². The number of imidazole rings is 1. The summed E-state index contributed by atoms with van der Waals surface area (Å²) in [5.41, 5.74) is 11.2. The van der Waals surface area contributed by atoms with E-state index in [2.05, 4.69) is 116 Å². The van der Waals surface area contributed by atoms with Crippen LogP contribution in [0.2, 0.25) is 0 Å². The van der Waals surface area contributed by atoms with Gasteiger partial charge in [-0.2, -0.15) is 11.6 Å². The third-order valence-corrected chi connectivity index (χ3v) is 11.6. The van der Waals surface area contributed by atoms with E-state index in [-0.39, 0.29) is 55.6 Å². The van der Waals surface area contributed by atoms with Crippen LogP contribution < -0.4 is 16.5 Å². The van der Waals surface area contributed by atoms with Crippen LogP contribution in [-0.4, -0.2) is 27.2 Å². The van der Waals surface area contributed by atoms with E-state index in [0.717, 1.165) is 42.8 Å². The SMILES string of the molecule is CCC(CC)C(=O)/C=C(\O)C(CC)CC.Cc1[c-]c(-c2ncc3n2-c2ccc(CC(C)(C)C)cc2B3c2c(C(C)C)cccc2C(C)C)sc1C.[Ir]. The maximum absolute atomic E-state index is 11.7. The van der Waals surface area contributed by atoms with Gasteiger partial charge in [0.2, 0.25) is 0 Å². The number of aliphatic hydroxyl groups is 1. The van der Waals surface area contributed by atoms with E-state index < -0.39 is 0 Å². The van der Waals surface area contributed by atoms with Crippen LogP contribution in [0.1, 0.15) is 141 Å². The van der Waals surface area contributed by atoms with Crippen LogP contribution in [-0.2, 0) is 31.3 Å². The first-order valence-electron chi connectivity index (χ1n) is 19.3. The smallest absolute Gasteiger partial charge is 0.266 e. The van der Waals surface area contributed by atoms with Gasteiger partial charge in [0.05, 0.1) is 11.6 Å². The Balaban J connectivity index is 0.000000389. The molecule has 0 fully saturated rings. The first-order valence-corrected chi connectivity index (χ1v) is 20.2. The van der Waals surface area contributed by atoms with E-state index >= 15 is 0 Å². The molecule has 0 atom stereocenters. The molecule has 1 aliphatic heterocycles. The fraction of sp³-hybridized carbons (Fsp3) is 0.511. The summed E-state index contributed by atoms with van der Waals surface area (Å²) < 4.78 is 2.42. The average molecular weight is 898 g/mol. The van der Waals surface area contributed by atoms with Crippen LogP contribution in [0.15, 0.2) is 54.4 Å². The summed E-state index contributed by atoms with van der Waals surface area (Å²) in [6.07, 6.45) is 8.10. The Morgan fingerprint density at radius 3 is 2.00 bits per heavy atom. The van der Waals surface area contributed by atoms with Gasteiger partial charge in [0.1, 0.15) is 0 Å². The molecule has 4 aromatic rings. The van der Waals surface area contributed by atoms with Crippen molar-refractivity contribution in [1.29, 1.82) is 0 Å². The van der Waals surface area contributed by atoms with E-state index in [1.807, 2.05) is 27.7 Å². The summed E-state index contributed by atoms with van der Waals surface area (Å²) in [5, 5.41) is 9.76. The van der Waals surface area contributed by atoms with Crippen molar-refractivity contribution in [1.82, 2.24) is 9.55 Å². The van der Waals surface area contributed by atoms with Crippen molar-refractivity contribution >= 4 is 40.4 Å². The van der Waals surface area contributed by atoms with Gasteiger partial charge in [-0.3, -0.25) is 9.78 Å². The van der Waals surface area contributed by atoms with Gasteiger partial charge < -0.3 is 9.67 Å². The minimum Gasteiger partial charge on any atom is -0.512 e. The molecule has 0 saturated heterocycles.